The molecule has 8 aliphatic carbocycles. The van der Waals surface area contributed by atoms with Crippen molar-refractivity contribution >= 4 is 11.9 Å². The summed E-state index contributed by atoms with van der Waals surface area (Å²) >= 11 is 0. The molecule has 8 aliphatic rings. The first-order valence-electron chi connectivity index (χ1n) is 14.7. The van der Waals surface area contributed by atoms with Gasteiger partial charge < -0.3 is 10.4 Å². The third-order valence-electron chi connectivity index (χ3n) is 12.8. The summed E-state index contributed by atoms with van der Waals surface area (Å²) in [6.07, 6.45) is 19.6. The van der Waals surface area contributed by atoms with Crippen LogP contribution in [0.1, 0.15) is 97.3 Å². The van der Waals surface area contributed by atoms with Gasteiger partial charge in [0, 0.05) is 17.0 Å². The number of allylic oxidation sites excluding steroid dienone is 3. The van der Waals surface area contributed by atoms with Crippen LogP contribution >= 0.6 is 0 Å². The lowest BCUT2D eigenvalue weighted by atomic mass is 9.48. The number of hydrogen-bond acceptors (Lipinski definition) is 2. The molecule has 4 nitrogen and oxygen atoms in total. The Balaban J connectivity index is 1.11. The Hall–Kier alpha value is -1.58. The van der Waals surface area contributed by atoms with E-state index in [2.05, 4.69) is 25.2 Å². The minimum absolute atomic E-state index is 0.0999. The Morgan fingerprint density at radius 2 is 1.63 bits per heavy atom. The molecule has 0 aliphatic heterocycles. The second kappa shape index (κ2) is 7.48. The first-order valence-corrected chi connectivity index (χ1v) is 14.7. The second-order valence-electron chi connectivity index (χ2n) is 14.5. The predicted molar refractivity (Wildman–Crippen MR) is 135 cm³/mol. The van der Waals surface area contributed by atoms with Gasteiger partial charge in [-0.2, -0.15) is 0 Å². The van der Waals surface area contributed by atoms with E-state index in [1.54, 1.807) is 0 Å². The number of aliphatic carboxylic acids is 1. The molecule has 0 aromatic carbocycles. The number of carbonyl (C=O) groups is 2. The van der Waals surface area contributed by atoms with Gasteiger partial charge in [-0.3, -0.25) is 4.79 Å². The summed E-state index contributed by atoms with van der Waals surface area (Å²) in [6, 6.07) is 0. The molecule has 4 bridgehead atoms. The smallest absolute Gasteiger partial charge is 0.331 e. The van der Waals surface area contributed by atoms with Gasteiger partial charge in [0.2, 0.25) is 5.91 Å². The number of carbonyl (C=O) groups excluding carboxylic acids is 1. The van der Waals surface area contributed by atoms with Crippen LogP contribution in [0.3, 0.4) is 0 Å². The second-order valence-corrected chi connectivity index (χ2v) is 14.5. The highest BCUT2D eigenvalue weighted by Crippen LogP contribution is 2.66. The fourth-order valence-electron chi connectivity index (χ4n) is 11.5. The number of rotatable bonds is 3. The van der Waals surface area contributed by atoms with Gasteiger partial charge in [0.15, 0.2) is 0 Å². The highest BCUT2D eigenvalue weighted by molar-refractivity contribution is 5.87. The molecule has 4 heteroatoms. The van der Waals surface area contributed by atoms with Gasteiger partial charge >= 0.3 is 5.97 Å². The molecular weight excluding hydrogens is 434 g/mol. The molecule has 8 rings (SSSR count). The Morgan fingerprint density at radius 3 is 2.29 bits per heavy atom. The zero-order valence-corrected chi connectivity index (χ0v) is 21.7. The van der Waals surface area contributed by atoms with Crippen LogP contribution in [-0.2, 0) is 9.59 Å². The maximum absolute atomic E-state index is 14.0. The Labute approximate surface area is 210 Å². The topological polar surface area (TPSA) is 66.4 Å². The molecule has 3 unspecified atom stereocenters. The van der Waals surface area contributed by atoms with E-state index in [1.807, 2.05) is 6.08 Å². The van der Waals surface area contributed by atoms with Crippen LogP contribution in [0.5, 0.6) is 0 Å². The third kappa shape index (κ3) is 3.23. The fraction of sp³-hybridized carbons (Fsp3) is 0.806. The average Bonchev–Trinajstić information content (AvgIpc) is 3.14. The minimum Gasteiger partial charge on any atom is -0.478 e. The number of fused-ring (bicyclic) bond motifs is 5. The van der Waals surface area contributed by atoms with E-state index in [0.29, 0.717) is 35.7 Å². The van der Waals surface area contributed by atoms with Gasteiger partial charge in [-0.25, -0.2) is 4.79 Å². The van der Waals surface area contributed by atoms with Crippen LogP contribution in [0.2, 0.25) is 0 Å². The first kappa shape index (κ1) is 22.6. The monoisotopic (exact) mass is 477 g/mol. The van der Waals surface area contributed by atoms with Crippen molar-refractivity contribution in [1.82, 2.24) is 5.32 Å². The lowest BCUT2D eigenvalue weighted by Crippen LogP contribution is -2.61. The predicted octanol–water partition coefficient (Wildman–Crippen LogP) is 6.27. The zero-order valence-electron chi connectivity index (χ0n) is 21.7. The quantitative estimate of drug-likeness (QED) is 0.503. The van der Waals surface area contributed by atoms with E-state index in [1.165, 1.54) is 56.9 Å². The number of carboxylic acids is 1. The van der Waals surface area contributed by atoms with Crippen molar-refractivity contribution < 1.29 is 14.7 Å². The first-order chi connectivity index (χ1) is 16.7. The molecule has 0 aromatic heterocycles. The van der Waals surface area contributed by atoms with Crippen LogP contribution in [0, 0.1) is 52.3 Å². The van der Waals surface area contributed by atoms with Crippen molar-refractivity contribution in [3.8, 4) is 0 Å². The Morgan fingerprint density at radius 1 is 0.943 bits per heavy atom. The fourth-order valence-corrected chi connectivity index (χ4v) is 11.5. The van der Waals surface area contributed by atoms with Gasteiger partial charge in [-0.15, -0.1) is 0 Å². The Kier molecular flexibility index (Phi) is 4.83. The summed E-state index contributed by atoms with van der Waals surface area (Å²) in [5, 5.41) is 13.3. The molecule has 2 N–H and O–H groups in total. The maximum atomic E-state index is 14.0. The standard InChI is InChI=1S/C31H43NO3/c1-29-9-7-21(28(34)35)14-22(29)3-4-23-24-5-6-26(30(24,2)10-8-25(23)29)27(33)32-31-15-18-11-19(16-31)13-20(12-18)17-31/h3,14,18-20,23-26H,4-13,15-17H2,1-2H3,(H,32,33)(H,34,35)/t18?,19?,20?,23?,24?,25?,26-,29+,30+,31?/m1/s1. The van der Waals surface area contributed by atoms with E-state index < -0.39 is 5.97 Å². The van der Waals surface area contributed by atoms with E-state index in [-0.39, 0.29) is 22.3 Å². The van der Waals surface area contributed by atoms with Crippen molar-refractivity contribution in [2.24, 2.45) is 52.3 Å². The lowest BCUT2D eigenvalue weighted by molar-refractivity contribution is -0.137. The third-order valence-corrected chi connectivity index (χ3v) is 12.8. The van der Waals surface area contributed by atoms with Crippen molar-refractivity contribution in [2.45, 2.75) is 103 Å². The molecule has 6 atom stereocenters. The molecule has 0 spiro atoms. The molecule has 6 fully saturated rings. The number of carboxylic acid groups (broad SMARTS) is 1. The molecular formula is C31H43NO3. The molecule has 190 valence electrons. The summed E-state index contributed by atoms with van der Waals surface area (Å²) in [5.41, 5.74) is 2.19. The van der Waals surface area contributed by atoms with Crippen LogP contribution < -0.4 is 5.32 Å². The molecule has 0 saturated heterocycles. The van der Waals surface area contributed by atoms with E-state index in [9.17, 15) is 14.7 Å². The highest BCUT2D eigenvalue weighted by atomic mass is 16.4. The molecule has 0 heterocycles. The van der Waals surface area contributed by atoms with Gasteiger partial charge in [-0.1, -0.05) is 19.9 Å². The van der Waals surface area contributed by atoms with Crippen LogP contribution in [0.4, 0.5) is 0 Å². The van der Waals surface area contributed by atoms with Crippen LogP contribution in [0.25, 0.3) is 0 Å². The SMILES string of the molecule is C[C@]12CCC(C(=O)O)=CC1=CCC1C2CC[C@@]2(C)C1CC[C@@H]2C(=O)NC12CC3CC(CC(C3)C1)C2. The number of nitrogens with one attached hydrogen (secondary N) is 1. The van der Waals surface area contributed by atoms with Gasteiger partial charge in [-0.05, 0) is 141 Å². The van der Waals surface area contributed by atoms with Crippen LogP contribution in [-0.4, -0.2) is 22.5 Å². The van der Waals surface area contributed by atoms with Gasteiger partial charge in [0.1, 0.15) is 0 Å². The number of hydrogen-bond donors (Lipinski definition) is 2. The summed E-state index contributed by atoms with van der Waals surface area (Å²) < 4.78 is 0. The summed E-state index contributed by atoms with van der Waals surface area (Å²) in [5.74, 6) is 4.27. The van der Waals surface area contributed by atoms with Gasteiger partial charge in [0.25, 0.3) is 0 Å². The highest BCUT2D eigenvalue weighted by Gasteiger charge is 2.60. The summed E-state index contributed by atoms with van der Waals surface area (Å²) in [6.45, 7) is 4.86. The normalized spacial score (nSPS) is 51.5. The summed E-state index contributed by atoms with van der Waals surface area (Å²) in [7, 11) is 0. The average molecular weight is 478 g/mol. The molecule has 6 saturated carbocycles. The van der Waals surface area contributed by atoms with E-state index in [4.69, 9.17) is 0 Å². The molecule has 35 heavy (non-hydrogen) atoms. The molecule has 0 radical (unpaired) electrons. The lowest BCUT2D eigenvalue weighted by Gasteiger charge is -2.58. The molecule has 0 aromatic rings. The van der Waals surface area contributed by atoms with E-state index in [0.717, 1.165) is 43.4 Å². The minimum atomic E-state index is -0.755. The molecule has 1 amide bonds. The largest absolute Gasteiger partial charge is 0.478 e. The Bertz CT molecular complexity index is 989. The van der Waals surface area contributed by atoms with Gasteiger partial charge in [0.05, 0.1) is 0 Å². The zero-order chi connectivity index (χ0) is 24.2. The maximum Gasteiger partial charge on any atom is 0.331 e. The summed E-state index contributed by atoms with van der Waals surface area (Å²) in [4.78, 5) is 25.6. The van der Waals surface area contributed by atoms with Crippen molar-refractivity contribution in [1.29, 1.82) is 0 Å². The van der Waals surface area contributed by atoms with Crippen LogP contribution in [0.15, 0.2) is 23.3 Å². The van der Waals surface area contributed by atoms with Crippen molar-refractivity contribution in [2.75, 3.05) is 0 Å². The number of amides is 1. The van der Waals surface area contributed by atoms with Crippen molar-refractivity contribution in [3.05, 3.63) is 23.3 Å². The van der Waals surface area contributed by atoms with E-state index >= 15 is 0 Å². The van der Waals surface area contributed by atoms with Crippen molar-refractivity contribution in [3.63, 3.8) is 0 Å².